The smallest absolute Gasteiger partial charge is 0.274 e. The molecule has 2 aliphatic heterocycles. The number of hydrogen-bond acceptors (Lipinski definition) is 4. The molecule has 0 radical (unpaired) electrons. The van der Waals surface area contributed by atoms with Gasteiger partial charge in [-0.15, -0.1) is 0 Å². The summed E-state index contributed by atoms with van der Waals surface area (Å²) in [5.41, 5.74) is 1.95. The highest BCUT2D eigenvalue weighted by molar-refractivity contribution is 5.98. The van der Waals surface area contributed by atoms with Crippen LogP contribution >= 0.6 is 0 Å². The van der Waals surface area contributed by atoms with E-state index in [1.807, 2.05) is 31.2 Å². The maximum Gasteiger partial charge on any atom is 0.274 e. The summed E-state index contributed by atoms with van der Waals surface area (Å²) >= 11 is 0. The Balaban J connectivity index is 1.39. The van der Waals surface area contributed by atoms with Crippen molar-refractivity contribution in [2.45, 2.75) is 19.6 Å². The van der Waals surface area contributed by atoms with Gasteiger partial charge in [0.05, 0.1) is 19.6 Å². The molecule has 7 nitrogen and oxygen atoms in total. The Kier molecular flexibility index (Phi) is 3.71. The van der Waals surface area contributed by atoms with Gasteiger partial charge in [-0.1, -0.05) is 12.1 Å². The van der Waals surface area contributed by atoms with Crippen molar-refractivity contribution >= 4 is 11.8 Å². The number of likely N-dealkylation sites (tertiary alicyclic amines) is 1. The monoisotopic (exact) mass is 340 g/mol. The van der Waals surface area contributed by atoms with Gasteiger partial charge in [-0.2, -0.15) is 5.10 Å². The Labute approximate surface area is 145 Å². The first-order valence-corrected chi connectivity index (χ1v) is 8.37. The number of ether oxygens (including phenoxy) is 1. The van der Waals surface area contributed by atoms with Gasteiger partial charge in [0.25, 0.3) is 11.8 Å². The Morgan fingerprint density at radius 1 is 1.24 bits per heavy atom. The number of aryl methyl sites for hydroxylation is 1. The molecule has 0 unspecified atom stereocenters. The molecule has 0 spiro atoms. The summed E-state index contributed by atoms with van der Waals surface area (Å²) in [6, 6.07) is 9.47. The molecule has 2 aliphatic rings. The van der Waals surface area contributed by atoms with Crippen molar-refractivity contribution in [2.75, 3.05) is 26.7 Å². The van der Waals surface area contributed by atoms with E-state index < -0.39 is 0 Å². The van der Waals surface area contributed by atoms with E-state index in [1.54, 1.807) is 27.6 Å². The molecule has 1 fully saturated rings. The fourth-order valence-corrected chi connectivity index (χ4v) is 3.13. The first-order valence-electron chi connectivity index (χ1n) is 8.37. The molecule has 2 amide bonds. The standard InChI is InChI=1S/C18H20N4O3/c1-12-4-3-5-13(8-12)25-14-10-21(11-14)17(23)15-9-16-18(24)20(2)6-7-22(16)19-15/h3-5,8-9,14H,6-7,10-11H2,1-2H3. The number of rotatable bonds is 3. The van der Waals surface area contributed by atoms with Gasteiger partial charge >= 0.3 is 0 Å². The lowest BCUT2D eigenvalue weighted by atomic mass is 10.1. The molecular weight excluding hydrogens is 320 g/mol. The molecular formula is C18H20N4O3. The Hall–Kier alpha value is -2.83. The Morgan fingerprint density at radius 3 is 2.80 bits per heavy atom. The molecule has 1 saturated heterocycles. The third kappa shape index (κ3) is 2.86. The number of hydrogen-bond donors (Lipinski definition) is 0. The third-order valence-corrected chi connectivity index (χ3v) is 4.64. The summed E-state index contributed by atoms with van der Waals surface area (Å²) in [6.07, 6.45) is -0.00393. The molecule has 4 rings (SSSR count). The topological polar surface area (TPSA) is 67.7 Å². The minimum absolute atomic E-state index is 0.00393. The summed E-state index contributed by atoms with van der Waals surface area (Å²) in [4.78, 5) is 28.0. The van der Waals surface area contributed by atoms with Crippen molar-refractivity contribution in [1.82, 2.24) is 19.6 Å². The van der Waals surface area contributed by atoms with E-state index in [4.69, 9.17) is 4.74 Å². The molecule has 3 heterocycles. The van der Waals surface area contributed by atoms with Crippen LogP contribution in [0.25, 0.3) is 0 Å². The lowest BCUT2D eigenvalue weighted by Gasteiger charge is -2.38. The van der Waals surface area contributed by atoms with Gasteiger partial charge in [-0.25, -0.2) is 0 Å². The molecule has 0 saturated carbocycles. The van der Waals surface area contributed by atoms with Crippen molar-refractivity contribution in [3.8, 4) is 5.75 Å². The third-order valence-electron chi connectivity index (χ3n) is 4.64. The number of aromatic nitrogens is 2. The number of amides is 2. The maximum atomic E-state index is 12.6. The highest BCUT2D eigenvalue weighted by Crippen LogP contribution is 2.21. The molecule has 25 heavy (non-hydrogen) atoms. The van der Waals surface area contributed by atoms with Crippen LogP contribution in [-0.2, 0) is 6.54 Å². The van der Waals surface area contributed by atoms with Gasteiger partial charge in [0, 0.05) is 19.7 Å². The van der Waals surface area contributed by atoms with Crippen LogP contribution in [-0.4, -0.2) is 64.2 Å². The molecule has 0 bridgehead atoms. The molecule has 130 valence electrons. The predicted molar refractivity (Wildman–Crippen MR) is 90.7 cm³/mol. The Morgan fingerprint density at radius 2 is 2.04 bits per heavy atom. The van der Waals surface area contributed by atoms with E-state index in [0.29, 0.717) is 37.6 Å². The summed E-state index contributed by atoms with van der Waals surface area (Å²) in [6.45, 7) is 4.30. The van der Waals surface area contributed by atoms with Crippen molar-refractivity contribution in [3.63, 3.8) is 0 Å². The molecule has 0 atom stereocenters. The zero-order valence-electron chi connectivity index (χ0n) is 14.3. The summed E-state index contributed by atoms with van der Waals surface area (Å²) in [7, 11) is 1.75. The van der Waals surface area contributed by atoms with Crippen molar-refractivity contribution < 1.29 is 14.3 Å². The molecule has 0 N–H and O–H groups in total. The van der Waals surface area contributed by atoms with Gasteiger partial charge in [0.15, 0.2) is 5.69 Å². The van der Waals surface area contributed by atoms with Gasteiger partial charge < -0.3 is 14.5 Å². The van der Waals surface area contributed by atoms with E-state index in [2.05, 4.69) is 5.10 Å². The second-order valence-corrected chi connectivity index (χ2v) is 6.63. The van der Waals surface area contributed by atoms with E-state index in [-0.39, 0.29) is 17.9 Å². The quantitative estimate of drug-likeness (QED) is 0.841. The minimum Gasteiger partial charge on any atom is -0.487 e. The first-order chi connectivity index (χ1) is 12.0. The summed E-state index contributed by atoms with van der Waals surface area (Å²) in [5, 5.41) is 4.30. The van der Waals surface area contributed by atoms with Gasteiger partial charge in [-0.3, -0.25) is 14.3 Å². The average Bonchev–Trinajstić information content (AvgIpc) is 2.99. The van der Waals surface area contributed by atoms with Crippen molar-refractivity contribution in [1.29, 1.82) is 0 Å². The largest absolute Gasteiger partial charge is 0.487 e. The molecule has 7 heteroatoms. The van der Waals surface area contributed by atoms with E-state index in [1.165, 1.54) is 0 Å². The highest BCUT2D eigenvalue weighted by Gasteiger charge is 2.35. The van der Waals surface area contributed by atoms with Crippen LogP contribution in [0, 0.1) is 6.92 Å². The average molecular weight is 340 g/mol. The second-order valence-electron chi connectivity index (χ2n) is 6.63. The van der Waals surface area contributed by atoms with Gasteiger partial charge in [0.2, 0.25) is 0 Å². The van der Waals surface area contributed by atoms with Crippen LogP contribution in [0.2, 0.25) is 0 Å². The molecule has 1 aromatic carbocycles. The predicted octanol–water partition coefficient (Wildman–Crippen LogP) is 1.18. The molecule has 0 aliphatic carbocycles. The number of benzene rings is 1. The lowest BCUT2D eigenvalue weighted by molar-refractivity contribution is 0.0172. The van der Waals surface area contributed by atoms with Crippen LogP contribution < -0.4 is 4.74 Å². The van der Waals surface area contributed by atoms with Gasteiger partial charge in [-0.05, 0) is 24.6 Å². The first kappa shape index (κ1) is 15.7. The van der Waals surface area contributed by atoms with E-state index in [9.17, 15) is 9.59 Å². The lowest BCUT2D eigenvalue weighted by Crippen LogP contribution is -2.56. The molecule has 2 aromatic rings. The van der Waals surface area contributed by atoms with Crippen LogP contribution in [0.1, 0.15) is 26.5 Å². The van der Waals surface area contributed by atoms with Gasteiger partial charge in [0.1, 0.15) is 17.5 Å². The second kappa shape index (κ2) is 5.91. The normalized spacial score (nSPS) is 17.3. The zero-order valence-corrected chi connectivity index (χ0v) is 14.3. The highest BCUT2D eigenvalue weighted by atomic mass is 16.5. The number of carbonyl (C=O) groups is 2. The van der Waals surface area contributed by atoms with Crippen LogP contribution in [0.4, 0.5) is 0 Å². The number of nitrogens with zero attached hydrogens (tertiary/aromatic N) is 4. The van der Waals surface area contributed by atoms with E-state index in [0.717, 1.165) is 11.3 Å². The fraction of sp³-hybridized carbons (Fsp3) is 0.389. The number of carbonyl (C=O) groups excluding carboxylic acids is 2. The van der Waals surface area contributed by atoms with Crippen LogP contribution in [0.15, 0.2) is 30.3 Å². The number of fused-ring (bicyclic) bond motifs is 1. The van der Waals surface area contributed by atoms with Crippen LogP contribution in [0.3, 0.4) is 0 Å². The van der Waals surface area contributed by atoms with E-state index >= 15 is 0 Å². The molecule has 1 aromatic heterocycles. The number of likely N-dealkylation sites (N-methyl/N-ethyl adjacent to an activating group) is 1. The van der Waals surface area contributed by atoms with Crippen molar-refractivity contribution in [3.05, 3.63) is 47.3 Å². The maximum absolute atomic E-state index is 12.6. The summed E-state index contributed by atoms with van der Waals surface area (Å²) < 4.78 is 7.50. The fourth-order valence-electron chi connectivity index (χ4n) is 3.13. The van der Waals surface area contributed by atoms with Crippen molar-refractivity contribution in [2.24, 2.45) is 0 Å². The van der Waals surface area contributed by atoms with Crippen LogP contribution in [0.5, 0.6) is 5.75 Å². The zero-order chi connectivity index (χ0) is 17.6. The summed E-state index contributed by atoms with van der Waals surface area (Å²) in [5.74, 6) is 0.576. The SMILES string of the molecule is Cc1cccc(OC2CN(C(=O)c3cc4n(n3)CCN(C)C4=O)C2)c1. The Bertz CT molecular complexity index is 839. The minimum atomic E-state index is -0.151.